The fraction of sp³-hybridized carbons (Fsp3) is 0.167. The number of fused-ring (bicyclic) bond motifs is 1. The van der Waals surface area contributed by atoms with Crippen LogP contribution < -0.4 is 0 Å². The first-order valence-electron chi connectivity index (χ1n) is 7.50. The van der Waals surface area contributed by atoms with Crippen molar-refractivity contribution < 1.29 is 13.2 Å². The minimum absolute atomic E-state index is 0.0890. The standard InChI is InChI=1S/C18H16ClNO3S/c1-3-18(21)16-11-20(17-10-12(2)4-9-15(16)17)24(22,23)14-7-5-13(19)6-8-14/h4-11H,3H2,1-2H3. The summed E-state index contributed by atoms with van der Waals surface area (Å²) in [6.45, 7) is 3.64. The molecule has 6 heteroatoms. The maximum Gasteiger partial charge on any atom is 0.268 e. The first-order valence-corrected chi connectivity index (χ1v) is 9.32. The summed E-state index contributed by atoms with van der Waals surface area (Å²) in [6.07, 6.45) is 1.73. The summed E-state index contributed by atoms with van der Waals surface area (Å²) < 4.78 is 27.2. The van der Waals surface area contributed by atoms with Gasteiger partial charge < -0.3 is 0 Å². The first-order chi connectivity index (χ1) is 11.3. The molecule has 3 aromatic rings. The van der Waals surface area contributed by atoms with Gasteiger partial charge in [-0.2, -0.15) is 0 Å². The molecule has 0 saturated carbocycles. The van der Waals surface area contributed by atoms with Crippen molar-refractivity contribution in [1.29, 1.82) is 0 Å². The van der Waals surface area contributed by atoms with Gasteiger partial charge >= 0.3 is 0 Å². The number of nitrogens with zero attached hydrogens (tertiary/aromatic N) is 1. The Morgan fingerprint density at radius 2 is 1.79 bits per heavy atom. The largest absolute Gasteiger partial charge is 0.294 e. The summed E-state index contributed by atoms with van der Waals surface area (Å²) in [7, 11) is -3.81. The SMILES string of the molecule is CCC(=O)c1cn(S(=O)(=O)c2ccc(Cl)cc2)c2cc(C)ccc12. The molecular weight excluding hydrogens is 346 g/mol. The Morgan fingerprint density at radius 3 is 2.42 bits per heavy atom. The van der Waals surface area contributed by atoms with Crippen LogP contribution in [0.15, 0.2) is 53.6 Å². The van der Waals surface area contributed by atoms with Crippen molar-refractivity contribution in [2.75, 3.05) is 0 Å². The maximum atomic E-state index is 13.0. The number of aromatic nitrogens is 1. The number of halogens is 1. The van der Waals surface area contributed by atoms with Crippen LogP contribution in [0.4, 0.5) is 0 Å². The number of carbonyl (C=O) groups is 1. The third-order valence-corrected chi connectivity index (χ3v) is 5.86. The third kappa shape index (κ3) is 2.74. The smallest absolute Gasteiger partial charge is 0.268 e. The van der Waals surface area contributed by atoms with Crippen LogP contribution in [-0.2, 0) is 10.0 Å². The van der Waals surface area contributed by atoms with Crippen molar-refractivity contribution in [3.8, 4) is 0 Å². The number of Topliss-reactive ketones (excluding diaryl/α,β-unsaturated/α-hetero) is 1. The average Bonchev–Trinajstić information content (AvgIpc) is 2.94. The van der Waals surface area contributed by atoms with Crippen molar-refractivity contribution in [3.05, 3.63) is 64.8 Å². The number of carbonyl (C=O) groups excluding carboxylic acids is 1. The van der Waals surface area contributed by atoms with E-state index in [0.29, 0.717) is 27.9 Å². The highest BCUT2D eigenvalue weighted by Crippen LogP contribution is 2.28. The zero-order valence-electron chi connectivity index (χ0n) is 13.3. The fourth-order valence-electron chi connectivity index (χ4n) is 2.64. The molecule has 3 rings (SSSR count). The van der Waals surface area contributed by atoms with E-state index in [4.69, 9.17) is 11.6 Å². The summed E-state index contributed by atoms with van der Waals surface area (Å²) in [5.41, 5.74) is 1.84. The molecule has 0 bridgehead atoms. The Morgan fingerprint density at radius 1 is 1.12 bits per heavy atom. The second kappa shape index (κ2) is 6.07. The molecule has 0 N–H and O–H groups in total. The van der Waals surface area contributed by atoms with E-state index in [-0.39, 0.29) is 10.7 Å². The number of aryl methyl sites for hydroxylation is 1. The molecule has 124 valence electrons. The molecule has 0 radical (unpaired) electrons. The van der Waals surface area contributed by atoms with Gasteiger partial charge in [0.15, 0.2) is 5.78 Å². The fourth-order valence-corrected chi connectivity index (χ4v) is 4.13. The van der Waals surface area contributed by atoms with E-state index in [0.717, 1.165) is 5.56 Å². The number of benzene rings is 2. The van der Waals surface area contributed by atoms with E-state index < -0.39 is 10.0 Å². The summed E-state index contributed by atoms with van der Waals surface area (Å²) in [6, 6.07) is 11.4. The van der Waals surface area contributed by atoms with Gasteiger partial charge in [-0.1, -0.05) is 30.7 Å². The van der Waals surface area contributed by atoms with E-state index in [9.17, 15) is 13.2 Å². The molecule has 0 amide bonds. The van der Waals surface area contributed by atoms with Gasteiger partial charge in [0.25, 0.3) is 10.0 Å². The molecule has 0 fully saturated rings. The summed E-state index contributed by atoms with van der Waals surface area (Å²) >= 11 is 5.84. The van der Waals surface area contributed by atoms with Gasteiger partial charge in [-0.15, -0.1) is 0 Å². The second-order valence-electron chi connectivity index (χ2n) is 5.59. The summed E-state index contributed by atoms with van der Waals surface area (Å²) in [5, 5.41) is 1.11. The van der Waals surface area contributed by atoms with Crippen molar-refractivity contribution in [2.24, 2.45) is 0 Å². The minimum Gasteiger partial charge on any atom is -0.294 e. The van der Waals surface area contributed by atoms with Gasteiger partial charge in [0.1, 0.15) is 0 Å². The third-order valence-electron chi connectivity index (χ3n) is 3.92. The van der Waals surface area contributed by atoms with E-state index in [1.165, 1.54) is 34.4 Å². The minimum atomic E-state index is -3.81. The van der Waals surface area contributed by atoms with Gasteiger partial charge in [0.05, 0.1) is 10.4 Å². The van der Waals surface area contributed by atoms with Crippen LogP contribution in [-0.4, -0.2) is 18.2 Å². The normalized spacial score (nSPS) is 11.8. The molecular formula is C18H16ClNO3S. The number of rotatable bonds is 4. The van der Waals surface area contributed by atoms with Gasteiger partial charge in [0, 0.05) is 28.6 Å². The number of ketones is 1. The summed E-state index contributed by atoms with van der Waals surface area (Å²) in [4.78, 5) is 12.3. The van der Waals surface area contributed by atoms with Crippen molar-refractivity contribution in [1.82, 2.24) is 3.97 Å². The molecule has 1 aromatic heterocycles. The van der Waals surface area contributed by atoms with Crippen molar-refractivity contribution >= 4 is 38.3 Å². The Bertz CT molecular complexity index is 1030. The monoisotopic (exact) mass is 361 g/mol. The molecule has 0 aliphatic rings. The predicted molar refractivity (Wildman–Crippen MR) is 95.3 cm³/mol. The number of hydrogen-bond donors (Lipinski definition) is 0. The molecule has 0 aliphatic heterocycles. The Hall–Kier alpha value is -2.11. The van der Waals surface area contributed by atoms with E-state index in [2.05, 4.69) is 0 Å². The van der Waals surface area contributed by atoms with Gasteiger partial charge in [-0.05, 0) is 42.8 Å². The highest BCUT2D eigenvalue weighted by Gasteiger charge is 2.23. The molecule has 0 unspecified atom stereocenters. The molecule has 0 atom stereocenters. The van der Waals surface area contributed by atoms with Crippen LogP contribution in [0.3, 0.4) is 0 Å². The average molecular weight is 362 g/mol. The molecule has 1 heterocycles. The van der Waals surface area contributed by atoms with E-state index in [1.54, 1.807) is 19.1 Å². The topological polar surface area (TPSA) is 56.1 Å². The predicted octanol–water partition coefficient (Wildman–Crippen LogP) is 4.43. The Balaban J connectivity index is 2.31. The van der Waals surface area contributed by atoms with Crippen molar-refractivity contribution in [3.63, 3.8) is 0 Å². The van der Waals surface area contributed by atoms with E-state index in [1.807, 2.05) is 13.0 Å². The van der Waals surface area contributed by atoms with Crippen LogP contribution in [0.1, 0.15) is 29.3 Å². The second-order valence-corrected chi connectivity index (χ2v) is 7.85. The first kappa shape index (κ1) is 16.7. The lowest BCUT2D eigenvalue weighted by Crippen LogP contribution is -2.12. The molecule has 0 aliphatic carbocycles. The van der Waals surface area contributed by atoms with Gasteiger partial charge in [-0.3, -0.25) is 4.79 Å². The van der Waals surface area contributed by atoms with Crippen LogP contribution in [0.25, 0.3) is 10.9 Å². The summed E-state index contributed by atoms with van der Waals surface area (Å²) in [5.74, 6) is -0.0890. The molecule has 0 spiro atoms. The van der Waals surface area contributed by atoms with Crippen LogP contribution in [0, 0.1) is 6.92 Å². The van der Waals surface area contributed by atoms with Gasteiger partial charge in [-0.25, -0.2) is 12.4 Å². The zero-order chi connectivity index (χ0) is 17.5. The number of hydrogen-bond acceptors (Lipinski definition) is 3. The zero-order valence-corrected chi connectivity index (χ0v) is 14.9. The van der Waals surface area contributed by atoms with Crippen LogP contribution >= 0.6 is 11.6 Å². The van der Waals surface area contributed by atoms with Crippen LogP contribution in [0.2, 0.25) is 5.02 Å². The highest BCUT2D eigenvalue weighted by molar-refractivity contribution is 7.90. The Kier molecular flexibility index (Phi) is 4.24. The lowest BCUT2D eigenvalue weighted by Gasteiger charge is -2.08. The molecule has 0 saturated heterocycles. The maximum absolute atomic E-state index is 13.0. The highest BCUT2D eigenvalue weighted by atomic mass is 35.5. The Labute approximate surface area is 145 Å². The lowest BCUT2D eigenvalue weighted by molar-refractivity contribution is 0.0989. The van der Waals surface area contributed by atoms with Crippen molar-refractivity contribution in [2.45, 2.75) is 25.2 Å². The quantitative estimate of drug-likeness (QED) is 0.646. The lowest BCUT2D eigenvalue weighted by atomic mass is 10.1. The molecule has 4 nitrogen and oxygen atoms in total. The molecule has 24 heavy (non-hydrogen) atoms. The van der Waals surface area contributed by atoms with E-state index >= 15 is 0 Å². The van der Waals surface area contributed by atoms with Crippen LogP contribution in [0.5, 0.6) is 0 Å². The van der Waals surface area contributed by atoms with Gasteiger partial charge in [0.2, 0.25) is 0 Å². The molecule has 2 aromatic carbocycles.